The molecule has 2 heterocycles. The van der Waals surface area contributed by atoms with Gasteiger partial charge in [-0.2, -0.15) is 0 Å². The zero-order valence-electron chi connectivity index (χ0n) is 18.1. The van der Waals surface area contributed by atoms with E-state index in [1.807, 2.05) is 0 Å². The van der Waals surface area contributed by atoms with Gasteiger partial charge in [-0.25, -0.2) is 9.97 Å². The standard InChI is InChI=1S/C28H24N2O/c1-28(2,3)23-15-19(14-18-9-5-6-10-20(18)23)24-27-25(30-16-29-24)22-13-12-17-8-4-7-11-21(17)26(22)31-27/h4-11,14-16H,12-13H2,1-3H3. The van der Waals surface area contributed by atoms with E-state index in [4.69, 9.17) is 9.40 Å². The largest absolute Gasteiger partial charge is 0.452 e. The quantitative estimate of drug-likeness (QED) is 0.299. The van der Waals surface area contributed by atoms with E-state index in [-0.39, 0.29) is 5.41 Å². The predicted molar refractivity (Wildman–Crippen MR) is 126 cm³/mol. The number of benzene rings is 3. The highest BCUT2D eigenvalue weighted by Crippen LogP contribution is 2.42. The first kappa shape index (κ1) is 18.3. The van der Waals surface area contributed by atoms with Crippen molar-refractivity contribution in [2.24, 2.45) is 0 Å². The molecule has 6 rings (SSSR count). The summed E-state index contributed by atoms with van der Waals surface area (Å²) in [4.78, 5) is 9.34. The Morgan fingerprint density at radius 3 is 2.55 bits per heavy atom. The Morgan fingerprint density at radius 1 is 0.871 bits per heavy atom. The molecule has 0 bridgehead atoms. The minimum atomic E-state index is 0.0170. The van der Waals surface area contributed by atoms with Gasteiger partial charge in [-0.3, -0.25) is 0 Å². The molecular weight excluding hydrogens is 380 g/mol. The van der Waals surface area contributed by atoms with Gasteiger partial charge in [-0.15, -0.1) is 0 Å². The van der Waals surface area contributed by atoms with E-state index in [9.17, 15) is 0 Å². The Kier molecular flexibility index (Phi) is 3.85. The fourth-order valence-corrected chi connectivity index (χ4v) is 4.90. The lowest BCUT2D eigenvalue weighted by Crippen LogP contribution is -2.12. The molecule has 0 aliphatic heterocycles. The Morgan fingerprint density at radius 2 is 1.68 bits per heavy atom. The van der Waals surface area contributed by atoms with Crippen LogP contribution in [0.25, 0.3) is 44.5 Å². The highest BCUT2D eigenvalue weighted by Gasteiger charge is 2.26. The molecule has 0 unspecified atom stereocenters. The van der Waals surface area contributed by atoms with E-state index >= 15 is 0 Å². The predicted octanol–water partition coefficient (Wildman–Crippen LogP) is 7.11. The zero-order chi connectivity index (χ0) is 21.2. The van der Waals surface area contributed by atoms with Crippen molar-refractivity contribution in [3.63, 3.8) is 0 Å². The number of nitrogens with zero attached hydrogens (tertiary/aromatic N) is 2. The molecule has 0 radical (unpaired) electrons. The van der Waals surface area contributed by atoms with Crippen LogP contribution in [0.3, 0.4) is 0 Å². The van der Waals surface area contributed by atoms with Crippen molar-refractivity contribution in [1.29, 1.82) is 0 Å². The first-order valence-electron chi connectivity index (χ1n) is 10.9. The SMILES string of the molecule is CC(C)(C)c1cc(-c2ncnc3c4c(oc23)-c2ccccc2CC4)cc2ccccc12. The lowest BCUT2D eigenvalue weighted by atomic mass is 9.82. The van der Waals surface area contributed by atoms with E-state index in [0.717, 1.165) is 41.0 Å². The third-order valence-corrected chi connectivity index (χ3v) is 6.42. The topological polar surface area (TPSA) is 38.9 Å². The van der Waals surface area contributed by atoms with Gasteiger partial charge in [0.05, 0.1) is 0 Å². The average molecular weight is 405 g/mol. The Bertz CT molecular complexity index is 1470. The van der Waals surface area contributed by atoms with Gasteiger partial charge in [0.15, 0.2) is 5.58 Å². The van der Waals surface area contributed by atoms with E-state index in [2.05, 4.69) is 86.4 Å². The molecule has 0 spiro atoms. The number of aromatic nitrogens is 2. The molecule has 0 atom stereocenters. The molecule has 0 N–H and O–H groups in total. The Labute approximate surface area is 181 Å². The van der Waals surface area contributed by atoms with Crippen LogP contribution in [0.15, 0.2) is 71.4 Å². The molecule has 3 heteroatoms. The molecular formula is C28H24N2O. The zero-order valence-corrected chi connectivity index (χ0v) is 18.1. The van der Waals surface area contributed by atoms with Gasteiger partial charge in [0.2, 0.25) is 0 Å². The number of fused-ring (bicyclic) bond motifs is 6. The monoisotopic (exact) mass is 404 g/mol. The number of rotatable bonds is 1. The molecule has 0 amide bonds. The van der Waals surface area contributed by atoms with Crippen molar-refractivity contribution in [1.82, 2.24) is 9.97 Å². The molecule has 1 aliphatic rings. The smallest absolute Gasteiger partial charge is 0.179 e. The first-order valence-corrected chi connectivity index (χ1v) is 10.9. The van der Waals surface area contributed by atoms with Crippen molar-refractivity contribution in [2.75, 3.05) is 0 Å². The fraction of sp³-hybridized carbons (Fsp3) is 0.214. The van der Waals surface area contributed by atoms with Crippen LogP contribution in [0, 0.1) is 0 Å². The van der Waals surface area contributed by atoms with Gasteiger partial charge in [-0.1, -0.05) is 69.3 Å². The summed E-state index contributed by atoms with van der Waals surface area (Å²) >= 11 is 0. The van der Waals surface area contributed by atoms with Crippen molar-refractivity contribution in [3.05, 3.63) is 83.7 Å². The van der Waals surface area contributed by atoms with Gasteiger partial charge in [0.25, 0.3) is 0 Å². The number of hydrogen-bond acceptors (Lipinski definition) is 3. The normalized spacial score (nSPS) is 13.4. The third kappa shape index (κ3) is 2.80. The summed E-state index contributed by atoms with van der Waals surface area (Å²) < 4.78 is 6.52. The number of furan rings is 1. The second kappa shape index (κ2) is 6.52. The van der Waals surface area contributed by atoms with Crippen molar-refractivity contribution in [2.45, 2.75) is 39.0 Å². The maximum Gasteiger partial charge on any atom is 0.179 e. The minimum absolute atomic E-state index is 0.0170. The molecule has 1 aliphatic carbocycles. The van der Waals surface area contributed by atoms with Crippen LogP contribution in [0.2, 0.25) is 0 Å². The van der Waals surface area contributed by atoms with Gasteiger partial charge in [-0.05, 0) is 52.3 Å². The number of aryl methyl sites for hydroxylation is 2. The van der Waals surface area contributed by atoms with Gasteiger partial charge >= 0.3 is 0 Å². The summed E-state index contributed by atoms with van der Waals surface area (Å²) in [6.45, 7) is 6.78. The fourth-order valence-electron chi connectivity index (χ4n) is 4.90. The molecule has 152 valence electrons. The van der Waals surface area contributed by atoms with E-state index in [1.54, 1.807) is 6.33 Å². The van der Waals surface area contributed by atoms with Crippen LogP contribution in [0.1, 0.15) is 37.5 Å². The summed E-state index contributed by atoms with van der Waals surface area (Å²) in [7, 11) is 0. The van der Waals surface area contributed by atoms with Gasteiger partial charge < -0.3 is 4.42 Å². The van der Waals surface area contributed by atoms with Crippen LogP contribution in [-0.4, -0.2) is 9.97 Å². The molecule has 0 saturated heterocycles. The highest BCUT2D eigenvalue weighted by atomic mass is 16.3. The third-order valence-electron chi connectivity index (χ3n) is 6.42. The molecule has 5 aromatic rings. The van der Waals surface area contributed by atoms with Crippen molar-refractivity contribution < 1.29 is 4.42 Å². The maximum atomic E-state index is 6.52. The van der Waals surface area contributed by atoms with E-state index in [0.29, 0.717) is 0 Å². The Hall–Kier alpha value is -3.46. The molecule has 31 heavy (non-hydrogen) atoms. The first-order chi connectivity index (χ1) is 15.0. The van der Waals surface area contributed by atoms with Gasteiger partial charge in [0, 0.05) is 16.7 Å². The van der Waals surface area contributed by atoms with Gasteiger partial charge in [0.1, 0.15) is 23.3 Å². The molecule has 2 aromatic heterocycles. The van der Waals surface area contributed by atoms with Crippen LogP contribution >= 0.6 is 0 Å². The molecule has 3 aromatic carbocycles. The van der Waals surface area contributed by atoms with Crippen LogP contribution in [0.5, 0.6) is 0 Å². The summed E-state index contributed by atoms with van der Waals surface area (Å²) in [6, 6.07) is 21.6. The molecule has 0 saturated carbocycles. The summed E-state index contributed by atoms with van der Waals surface area (Å²) in [5.74, 6) is 0.954. The van der Waals surface area contributed by atoms with Crippen LogP contribution < -0.4 is 0 Å². The lowest BCUT2D eigenvalue weighted by Gasteiger charge is -2.22. The van der Waals surface area contributed by atoms with E-state index < -0.39 is 0 Å². The maximum absolute atomic E-state index is 6.52. The second-order valence-electron chi connectivity index (χ2n) is 9.46. The average Bonchev–Trinajstić information content (AvgIpc) is 3.17. The summed E-state index contributed by atoms with van der Waals surface area (Å²) in [6.07, 6.45) is 3.64. The Balaban J connectivity index is 1.64. The van der Waals surface area contributed by atoms with Crippen molar-refractivity contribution in [3.8, 4) is 22.6 Å². The highest BCUT2D eigenvalue weighted by molar-refractivity contribution is 5.98. The summed E-state index contributed by atoms with van der Waals surface area (Å²) in [5.41, 5.74) is 8.74. The summed E-state index contributed by atoms with van der Waals surface area (Å²) in [5, 5.41) is 2.51. The minimum Gasteiger partial charge on any atom is -0.452 e. The number of hydrogen-bond donors (Lipinski definition) is 0. The molecule has 3 nitrogen and oxygen atoms in total. The van der Waals surface area contributed by atoms with Crippen LogP contribution in [0.4, 0.5) is 0 Å². The van der Waals surface area contributed by atoms with E-state index in [1.165, 1.54) is 33.0 Å². The molecule has 0 fully saturated rings. The van der Waals surface area contributed by atoms with Crippen molar-refractivity contribution >= 4 is 21.9 Å². The lowest BCUT2D eigenvalue weighted by molar-refractivity contribution is 0.596. The van der Waals surface area contributed by atoms with Crippen LogP contribution in [-0.2, 0) is 18.3 Å². The second-order valence-corrected chi connectivity index (χ2v) is 9.46.